The Bertz CT molecular complexity index is 1990. The first-order valence-corrected chi connectivity index (χ1v) is 12.4. The molecule has 3 heterocycles. The summed E-state index contributed by atoms with van der Waals surface area (Å²) in [6.07, 6.45) is 0. The number of carbonyl (C=O) groups excluding carboxylic acids is 4. The van der Waals surface area contributed by atoms with Gasteiger partial charge in [0.2, 0.25) is 5.89 Å². The number of amides is 4. The lowest BCUT2D eigenvalue weighted by molar-refractivity contribution is 0.0692. The zero-order chi connectivity index (χ0) is 27.9. The molecular formula is C31H19N3O6. The molecule has 0 unspecified atom stereocenters. The molecular weight excluding hydrogens is 510 g/mol. The highest BCUT2D eigenvalue weighted by Gasteiger charge is 2.38. The summed E-state index contributed by atoms with van der Waals surface area (Å²) in [5, 5.41) is 10.6. The summed E-state index contributed by atoms with van der Waals surface area (Å²) in [6.45, 7) is 1.93. The molecule has 2 aliphatic rings. The lowest BCUT2D eigenvalue weighted by Gasteiger charge is -2.15. The van der Waals surface area contributed by atoms with E-state index in [0.717, 1.165) is 15.4 Å². The molecule has 1 N–H and O–H groups in total. The minimum atomic E-state index is -0.529. The first-order valence-electron chi connectivity index (χ1n) is 12.4. The van der Waals surface area contributed by atoms with Crippen LogP contribution in [0.3, 0.4) is 0 Å². The van der Waals surface area contributed by atoms with Gasteiger partial charge in [0, 0.05) is 7.05 Å². The van der Waals surface area contributed by atoms with Crippen LogP contribution in [0, 0.1) is 6.92 Å². The van der Waals surface area contributed by atoms with Crippen molar-refractivity contribution in [3.8, 4) is 28.3 Å². The summed E-state index contributed by atoms with van der Waals surface area (Å²) in [5.74, 6) is -1.74. The van der Waals surface area contributed by atoms with Crippen molar-refractivity contribution in [2.24, 2.45) is 0 Å². The van der Waals surface area contributed by atoms with Gasteiger partial charge in [-0.15, -0.1) is 0 Å². The van der Waals surface area contributed by atoms with E-state index in [-0.39, 0.29) is 39.9 Å². The molecule has 0 aliphatic carbocycles. The standard InChI is InChI=1S/C31H19N3O6/c1-15-3-10-26-24(11-15)32-27(40-26)23-14-18(6-9-25(23)35)34-30(38)20-8-5-17(13-22(20)31(34)39)16-4-7-19-21(12-16)29(37)33(2)28(19)36/h3-14,35H,1-2H3. The number of oxazole rings is 1. The molecule has 4 amide bonds. The van der Waals surface area contributed by atoms with E-state index in [4.69, 9.17) is 4.42 Å². The molecule has 9 nitrogen and oxygen atoms in total. The Morgan fingerprint density at radius 3 is 2.02 bits per heavy atom. The highest BCUT2D eigenvalue weighted by atomic mass is 16.3. The number of anilines is 1. The van der Waals surface area contributed by atoms with E-state index >= 15 is 0 Å². The average molecular weight is 530 g/mol. The van der Waals surface area contributed by atoms with Gasteiger partial charge in [-0.05, 0) is 78.2 Å². The number of imide groups is 2. The molecule has 0 spiro atoms. The van der Waals surface area contributed by atoms with Crippen molar-refractivity contribution in [2.45, 2.75) is 6.92 Å². The third kappa shape index (κ3) is 3.31. The molecule has 40 heavy (non-hydrogen) atoms. The Morgan fingerprint density at radius 1 is 0.675 bits per heavy atom. The number of carbonyl (C=O) groups is 4. The lowest BCUT2D eigenvalue weighted by Crippen LogP contribution is -2.29. The zero-order valence-electron chi connectivity index (χ0n) is 21.3. The van der Waals surface area contributed by atoms with Gasteiger partial charge in [0.05, 0.1) is 33.5 Å². The van der Waals surface area contributed by atoms with Gasteiger partial charge in [-0.2, -0.15) is 0 Å². The van der Waals surface area contributed by atoms with Crippen molar-refractivity contribution >= 4 is 40.4 Å². The maximum Gasteiger partial charge on any atom is 0.266 e. The minimum Gasteiger partial charge on any atom is -0.507 e. The normalized spacial score (nSPS) is 14.4. The molecule has 5 aromatic rings. The molecule has 4 aromatic carbocycles. The first kappa shape index (κ1) is 23.5. The highest BCUT2D eigenvalue weighted by Crippen LogP contribution is 2.38. The third-order valence-electron chi connectivity index (χ3n) is 7.32. The number of aromatic hydroxyl groups is 1. The van der Waals surface area contributed by atoms with Gasteiger partial charge in [-0.1, -0.05) is 18.2 Å². The Labute approximate surface area is 226 Å². The quantitative estimate of drug-likeness (QED) is 0.319. The molecule has 9 heteroatoms. The number of nitrogens with zero attached hydrogens (tertiary/aromatic N) is 3. The van der Waals surface area contributed by atoms with Crippen LogP contribution in [0.5, 0.6) is 5.75 Å². The zero-order valence-corrected chi connectivity index (χ0v) is 21.3. The first-order chi connectivity index (χ1) is 19.2. The number of phenolic OH excluding ortho intramolecular Hbond substituents is 1. The topological polar surface area (TPSA) is 121 Å². The largest absolute Gasteiger partial charge is 0.507 e. The number of phenols is 1. The maximum absolute atomic E-state index is 13.5. The number of fused-ring (bicyclic) bond motifs is 3. The second kappa shape index (κ2) is 8.21. The number of hydrogen-bond donors (Lipinski definition) is 1. The third-order valence-corrected chi connectivity index (χ3v) is 7.32. The van der Waals surface area contributed by atoms with Crippen LogP contribution in [0.4, 0.5) is 5.69 Å². The van der Waals surface area contributed by atoms with Crippen molar-refractivity contribution < 1.29 is 28.7 Å². The van der Waals surface area contributed by atoms with Crippen LogP contribution in [0.25, 0.3) is 33.7 Å². The Morgan fingerprint density at radius 2 is 1.30 bits per heavy atom. The van der Waals surface area contributed by atoms with Gasteiger partial charge in [-0.25, -0.2) is 9.88 Å². The monoisotopic (exact) mass is 529 g/mol. The number of aryl methyl sites for hydroxylation is 1. The summed E-state index contributed by atoms with van der Waals surface area (Å²) in [5.41, 5.74) is 4.97. The number of aromatic nitrogens is 1. The van der Waals surface area contributed by atoms with Crippen LogP contribution in [0.15, 0.2) is 77.2 Å². The highest BCUT2D eigenvalue weighted by molar-refractivity contribution is 6.34. The predicted octanol–water partition coefficient (Wildman–Crippen LogP) is 5.20. The van der Waals surface area contributed by atoms with Crippen molar-refractivity contribution in [3.05, 3.63) is 101 Å². The molecule has 0 radical (unpaired) electrons. The molecule has 0 bridgehead atoms. The maximum atomic E-state index is 13.5. The Kier molecular flexibility index (Phi) is 4.83. The molecule has 0 saturated heterocycles. The molecule has 7 rings (SSSR count). The van der Waals surface area contributed by atoms with Gasteiger partial charge >= 0.3 is 0 Å². The van der Waals surface area contributed by atoms with E-state index < -0.39 is 17.7 Å². The Hall–Kier alpha value is -5.57. The Balaban J connectivity index is 1.25. The summed E-state index contributed by atoms with van der Waals surface area (Å²) in [7, 11) is 1.43. The van der Waals surface area contributed by atoms with Crippen LogP contribution in [0.2, 0.25) is 0 Å². The van der Waals surface area contributed by atoms with Gasteiger partial charge in [0.25, 0.3) is 23.6 Å². The molecule has 0 saturated carbocycles. The van der Waals surface area contributed by atoms with E-state index in [1.54, 1.807) is 42.5 Å². The predicted molar refractivity (Wildman–Crippen MR) is 145 cm³/mol. The van der Waals surface area contributed by atoms with E-state index in [0.29, 0.717) is 33.4 Å². The molecule has 0 fully saturated rings. The fourth-order valence-corrected chi connectivity index (χ4v) is 5.18. The van der Waals surface area contributed by atoms with Crippen molar-refractivity contribution in [2.75, 3.05) is 11.9 Å². The lowest BCUT2D eigenvalue weighted by atomic mass is 9.97. The molecule has 0 atom stereocenters. The van der Waals surface area contributed by atoms with Crippen LogP contribution >= 0.6 is 0 Å². The number of benzene rings is 4. The summed E-state index contributed by atoms with van der Waals surface area (Å²) in [6, 6.07) is 19.7. The minimum absolute atomic E-state index is 0.110. The van der Waals surface area contributed by atoms with Gasteiger partial charge < -0.3 is 9.52 Å². The van der Waals surface area contributed by atoms with Gasteiger partial charge in [-0.3, -0.25) is 24.1 Å². The summed E-state index contributed by atoms with van der Waals surface area (Å²) < 4.78 is 5.83. The van der Waals surface area contributed by atoms with E-state index in [1.165, 1.54) is 25.2 Å². The number of hydrogen-bond acceptors (Lipinski definition) is 7. The average Bonchev–Trinajstić information content (AvgIpc) is 3.55. The smallest absolute Gasteiger partial charge is 0.266 e. The molecule has 194 valence electrons. The molecule has 1 aromatic heterocycles. The second-order valence-corrected chi connectivity index (χ2v) is 9.83. The van der Waals surface area contributed by atoms with Crippen molar-refractivity contribution in [1.82, 2.24) is 9.88 Å². The fourth-order valence-electron chi connectivity index (χ4n) is 5.18. The SMILES string of the molecule is Cc1ccc2oc(-c3cc(N4C(=O)c5ccc(-c6ccc7c(c6)C(=O)N(C)C7=O)cc5C4=O)ccc3O)nc2c1. The van der Waals surface area contributed by atoms with Crippen LogP contribution in [0.1, 0.15) is 47.0 Å². The van der Waals surface area contributed by atoms with Gasteiger partial charge in [0.1, 0.15) is 11.3 Å². The van der Waals surface area contributed by atoms with E-state index in [9.17, 15) is 24.3 Å². The van der Waals surface area contributed by atoms with Crippen LogP contribution in [-0.2, 0) is 0 Å². The molecule has 2 aliphatic heterocycles. The van der Waals surface area contributed by atoms with Crippen molar-refractivity contribution in [1.29, 1.82) is 0 Å². The van der Waals surface area contributed by atoms with E-state index in [1.807, 2.05) is 19.1 Å². The van der Waals surface area contributed by atoms with Gasteiger partial charge in [0.15, 0.2) is 5.58 Å². The van der Waals surface area contributed by atoms with Crippen LogP contribution < -0.4 is 4.90 Å². The number of rotatable bonds is 3. The summed E-state index contributed by atoms with van der Waals surface area (Å²) >= 11 is 0. The fraction of sp³-hybridized carbons (Fsp3) is 0.0645. The van der Waals surface area contributed by atoms with Crippen molar-refractivity contribution in [3.63, 3.8) is 0 Å². The van der Waals surface area contributed by atoms with Crippen LogP contribution in [-0.4, -0.2) is 45.7 Å². The van der Waals surface area contributed by atoms with E-state index in [2.05, 4.69) is 4.98 Å². The second-order valence-electron chi connectivity index (χ2n) is 9.83. The summed E-state index contributed by atoms with van der Waals surface area (Å²) in [4.78, 5) is 58.2.